The third-order valence-electron chi connectivity index (χ3n) is 3.64. The number of hydrogen-bond donors (Lipinski definition) is 0. The number of nitro groups is 1. The van der Waals surface area contributed by atoms with E-state index in [-0.39, 0.29) is 29.7 Å². The van der Waals surface area contributed by atoms with E-state index in [1.807, 2.05) is 60.7 Å². The summed E-state index contributed by atoms with van der Waals surface area (Å²) >= 11 is 0. The van der Waals surface area contributed by atoms with Gasteiger partial charge >= 0.3 is 0 Å². The van der Waals surface area contributed by atoms with E-state index in [9.17, 15) is 14.9 Å². The summed E-state index contributed by atoms with van der Waals surface area (Å²) in [4.78, 5) is 21.8. The fourth-order valence-electron chi connectivity index (χ4n) is 2.66. The van der Waals surface area contributed by atoms with Crippen molar-refractivity contribution >= 4 is 6.29 Å². The van der Waals surface area contributed by atoms with Crippen LogP contribution in [0.15, 0.2) is 60.7 Å². The molecule has 0 saturated carbocycles. The molecule has 0 N–H and O–H groups in total. The average molecular weight is 283 g/mol. The molecule has 0 amide bonds. The van der Waals surface area contributed by atoms with Crippen molar-refractivity contribution in [1.82, 2.24) is 0 Å². The Morgan fingerprint density at radius 2 is 1.38 bits per heavy atom. The van der Waals surface area contributed by atoms with Crippen LogP contribution in [0.4, 0.5) is 0 Å². The van der Waals surface area contributed by atoms with Crippen molar-refractivity contribution in [1.29, 1.82) is 0 Å². The summed E-state index contributed by atoms with van der Waals surface area (Å²) in [6.07, 6.45) is 1.12. The van der Waals surface area contributed by atoms with E-state index >= 15 is 0 Å². The van der Waals surface area contributed by atoms with Crippen LogP contribution in [0.1, 0.15) is 29.4 Å². The van der Waals surface area contributed by atoms with Crippen molar-refractivity contribution in [3.63, 3.8) is 0 Å². The Balaban J connectivity index is 2.40. The van der Waals surface area contributed by atoms with E-state index in [0.717, 1.165) is 17.4 Å². The standard InChI is InChI=1S/C17H17NO3/c19-12-11-16(14-7-3-1-4-8-14)17(13-18(20)21)15-9-5-2-6-10-15/h1-10,12,16-17H,11,13H2. The van der Waals surface area contributed by atoms with Crippen LogP contribution in [0, 0.1) is 10.1 Å². The molecular weight excluding hydrogens is 266 g/mol. The van der Waals surface area contributed by atoms with Crippen LogP contribution < -0.4 is 0 Å². The van der Waals surface area contributed by atoms with Crippen molar-refractivity contribution < 1.29 is 9.72 Å². The molecule has 0 spiro atoms. The normalized spacial score (nSPS) is 13.3. The Morgan fingerprint density at radius 1 is 0.905 bits per heavy atom. The van der Waals surface area contributed by atoms with Gasteiger partial charge in [-0.3, -0.25) is 10.1 Å². The second-order valence-corrected chi connectivity index (χ2v) is 4.95. The van der Waals surface area contributed by atoms with E-state index in [1.165, 1.54) is 0 Å². The summed E-state index contributed by atoms with van der Waals surface area (Å²) in [6.45, 7) is -0.183. The minimum atomic E-state index is -0.311. The van der Waals surface area contributed by atoms with E-state index in [1.54, 1.807) is 0 Å². The lowest BCUT2D eigenvalue weighted by Crippen LogP contribution is -2.20. The lowest BCUT2D eigenvalue weighted by molar-refractivity contribution is -0.484. The summed E-state index contributed by atoms with van der Waals surface area (Å²) in [6, 6.07) is 18.9. The molecule has 21 heavy (non-hydrogen) atoms. The van der Waals surface area contributed by atoms with Crippen LogP contribution in [0.3, 0.4) is 0 Å². The third-order valence-corrected chi connectivity index (χ3v) is 3.64. The number of rotatable bonds is 7. The highest BCUT2D eigenvalue weighted by Gasteiger charge is 2.28. The maximum atomic E-state index is 11.0. The van der Waals surface area contributed by atoms with Crippen LogP contribution in [0.5, 0.6) is 0 Å². The van der Waals surface area contributed by atoms with Gasteiger partial charge in [-0.25, -0.2) is 0 Å². The molecular formula is C17H17NO3. The third kappa shape index (κ3) is 3.99. The molecule has 0 radical (unpaired) electrons. The number of aldehydes is 1. The lowest BCUT2D eigenvalue weighted by atomic mass is 9.80. The first-order valence-electron chi connectivity index (χ1n) is 6.87. The SMILES string of the molecule is O=CCC(c1ccccc1)C(C[N+](=O)[O-])c1ccccc1. The van der Waals surface area contributed by atoms with E-state index in [0.29, 0.717) is 0 Å². The van der Waals surface area contributed by atoms with Crippen molar-refractivity contribution in [3.8, 4) is 0 Å². The molecule has 2 aromatic carbocycles. The molecule has 0 saturated heterocycles. The van der Waals surface area contributed by atoms with Gasteiger partial charge in [0.15, 0.2) is 0 Å². The van der Waals surface area contributed by atoms with Gasteiger partial charge in [-0.1, -0.05) is 60.7 Å². The van der Waals surface area contributed by atoms with Crippen LogP contribution >= 0.6 is 0 Å². The smallest absolute Gasteiger partial charge is 0.211 e. The van der Waals surface area contributed by atoms with E-state index in [4.69, 9.17) is 0 Å². The molecule has 2 rings (SSSR count). The molecule has 0 bridgehead atoms. The van der Waals surface area contributed by atoms with Gasteiger partial charge in [-0.2, -0.15) is 0 Å². The molecule has 4 heteroatoms. The molecule has 0 aromatic heterocycles. The van der Waals surface area contributed by atoms with Gasteiger partial charge < -0.3 is 4.79 Å². The number of hydrogen-bond acceptors (Lipinski definition) is 3. The summed E-state index contributed by atoms with van der Waals surface area (Å²) in [5.41, 5.74) is 1.85. The number of benzene rings is 2. The Labute approximate surface area is 123 Å². The van der Waals surface area contributed by atoms with Crippen LogP contribution in [0.2, 0.25) is 0 Å². The van der Waals surface area contributed by atoms with E-state index < -0.39 is 0 Å². The average Bonchev–Trinajstić information content (AvgIpc) is 2.52. The molecule has 4 nitrogen and oxygen atoms in total. The molecule has 0 aliphatic rings. The van der Waals surface area contributed by atoms with Crippen molar-refractivity contribution in [2.75, 3.05) is 6.54 Å². The highest BCUT2D eigenvalue weighted by atomic mass is 16.6. The molecule has 0 aliphatic carbocycles. The quantitative estimate of drug-likeness (QED) is 0.444. The van der Waals surface area contributed by atoms with Crippen molar-refractivity contribution in [2.24, 2.45) is 0 Å². The molecule has 2 atom stereocenters. The van der Waals surface area contributed by atoms with Gasteiger partial charge in [0.2, 0.25) is 6.54 Å². The first kappa shape index (κ1) is 14.9. The van der Waals surface area contributed by atoms with Crippen LogP contribution in [0.25, 0.3) is 0 Å². The van der Waals surface area contributed by atoms with Crippen LogP contribution in [-0.4, -0.2) is 17.8 Å². The topological polar surface area (TPSA) is 60.2 Å². The first-order valence-corrected chi connectivity index (χ1v) is 6.87. The number of carbonyl (C=O) groups excluding carboxylic acids is 1. The van der Waals surface area contributed by atoms with Gasteiger partial charge in [-0.15, -0.1) is 0 Å². The van der Waals surface area contributed by atoms with Crippen LogP contribution in [-0.2, 0) is 4.79 Å². The number of carbonyl (C=O) groups is 1. The summed E-state index contributed by atoms with van der Waals surface area (Å²) < 4.78 is 0. The predicted octanol–water partition coefficient (Wildman–Crippen LogP) is 3.42. The van der Waals surface area contributed by atoms with Gasteiger partial charge in [0.05, 0.1) is 5.92 Å². The Hall–Kier alpha value is -2.49. The maximum absolute atomic E-state index is 11.0. The minimum absolute atomic E-state index is 0.183. The highest BCUT2D eigenvalue weighted by Crippen LogP contribution is 2.35. The minimum Gasteiger partial charge on any atom is -0.303 e. The monoisotopic (exact) mass is 283 g/mol. The fourth-order valence-corrected chi connectivity index (χ4v) is 2.66. The summed E-state index contributed by atoms with van der Waals surface area (Å²) in [5, 5.41) is 11.0. The second kappa shape index (κ2) is 7.33. The van der Waals surface area contributed by atoms with Gasteiger partial charge in [0, 0.05) is 17.3 Å². The fraction of sp³-hybridized carbons (Fsp3) is 0.235. The number of nitrogens with zero attached hydrogens (tertiary/aromatic N) is 1. The maximum Gasteiger partial charge on any atom is 0.211 e. The second-order valence-electron chi connectivity index (χ2n) is 4.95. The lowest BCUT2D eigenvalue weighted by Gasteiger charge is -2.23. The van der Waals surface area contributed by atoms with Crippen molar-refractivity contribution in [2.45, 2.75) is 18.3 Å². The molecule has 108 valence electrons. The molecule has 2 aromatic rings. The Bertz CT molecular complexity index is 583. The zero-order valence-electron chi connectivity index (χ0n) is 11.6. The summed E-state index contributed by atoms with van der Waals surface area (Å²) in [7, 11) is 0. The first-order chi connectivity index (χ1) is 10.2. The van der Waals surface area contributed by atoms with Gasteiger partial charge in [0.1, 0.15) is 6.29 Å². The zero-order valence-corrected chi connectivity index (χ0v) is 11.6. The molecule has 2 unspecified atom stereocenters. The predicted molar refractivity (Wildman–Crippen MR) is 80.9 cm³/mol. The Morgan fingerprint density at radius 3 is 1.81 bits per heavy atom. The molecule has 0 fully saturated rings. The van der Waals surface area contributed by atoms with Gasteiger partial charge in [0.25, 0.3) is 0 Å². The van der Waals surface area contributed by atoms with E-state index in [2.05, 4.69) is 0 Å². The van der Waals surface area contributed by atoms with Crippen molar-refractivity contribution in [3.05, 3.63) is 81.9 Å². The zero-order chi connectivity index (χ0) is 15.1. The molecule has 0 aliphatic heterocycles. The molecule has 0 heterocycles. The summed E-state index contributed by atoms with van der Waals surface area (Å²) in [5.74, 6) is -0.495. The highest BCUT2D eigenvalue weighted by molar-refractivity contribution is 5.52. The van der Waals surface area contributed by atoms with Gasteiger partial charge in [-0.05, 0) is 11.1 Å². The largest absolute Gasteiger partial charge is 0.303 e. The Kier molecular flexibility index (Phi) is 5.21.